The van der Waals surface area contributed by atoms with Crippen LogP contribution in [0.1, 0.15) is 6.42 Å². The highest BCUT2D eigenvalue weighted by Crippen LogP contribution is 2.37. The molecule has 0 aromatic heterocycles. The second kappa shape index (κ2) is 6.37. The molecule has 4 atom stereocenters. The Balaban J connectivity index is 3.00. The minimum Gasteiger partial charge on any atom is -0.756 e. The fourth-order valence-corrected chi connectivity index (χ4v) is 2.16. The number of phosphoric acid groups is 1. The molecule has 0 saturated carbocycles. The average molecular weight is 323 g/mol. The lowest BCUT2D eigenvalue weighted by molar-refractivity contribution is -0.227. The van der Waals surface area contributed by atoms with Crippen LogP contribution in [0.25, 0.3) is 0 Å². The van der Waals surface area contributed by atoms with Gasteiger partial charge in [-0.05, 0) is 12.7 Å². The molecule has 1 rings (SSSR count). The zero-order chi connectivity index (χ0) is 16.4. The van der Waals surface area contributed by atoms with Crippen molar-refractivity contribution in [1.82, 2.24) is 0 Å². The van der Waals surface area contributed by atoms with Gasteiger partial charge in [0.2, 0.25) is 0 Å². The van der Waals surface area contributed by atoms with Crippen molar-refractivity contribution in [3.8, 4) is 0 Å². The number of hydrogen-bond donors (Lipinski definition) is 4. The van der Waals surface area contributed by atoms with Crippen molar-refractivity contribution in [2.45, 2.75) is 24.7 Å². The van der Waals surface area contributed by atoms with Gasteiger partial charge in [0, 0.05) is 12.0 Å². The third kappa shape index (κ3) is 4.96. The normalized spacial score (nSPS) is 28.1. The molecule has 11 heteroatoms. The lowest BCUT2D eigenvalue weighted by Gasteiger charge is -2.34. The molecule has 21 heavy (non-hydrogen) atoms. The molecule has 0 fully saturated rings. The van der Waals surface area contributed by atoms with Crippen LogP contribution in [0, 0.1) is 0 Å². The first kappa shape index (κ1) is 17.3. The van der Waals surface area contributed by atoms with E-state index in [-0.39, 0.29) is 5.57 Å². The zero-order valence-corrected chi connectivity index (χ0v) is 11.3. The number of aliphatic carboxylic acids is 2. The van der Waals surface area contributed by atoms with Crippen LogP contribution >= 0.6 is 7.82 Å². The van der Waals surface area contributed by atoms with Crippen molar-refractivity contribution < 1.29 is 48.5 Å². The largest absolute Gasteiger partial charge is 0.756 e. The lowest BCUT2D eigenvalue weighted by Crippen LogP contribution is -2.44. The van der Waals surface area contributed by atoms with E-state index in [2.05, 4.69) is 11.1 Å². The molecule has 0 radical (unpaired) electrons. The molecule has 0 aromatic carbocycles. The van der Waals surface area contributed by atoms with Crippen LogP contribution in [0.4, 0.5) is 0 Å². The predicted molar refractivity (Wildman–Crippen MR) is 62.7 cm³/mol. The molecular weight excluding hydrogens is 311 g/mol. The van der Waals surface area contributed by atoms with Crippen LogP contribution < -0.4 is 4.89 Å². The summed E-state index contributed by atoms with van der Waals surface area (Å²) < 4.78 is 19.6. The summed E-state index contributed by atoms with van der Waals surface area (Å²) in [5.41, 5.74) is -0.373. The van der Waals surface area contributed by atoms with Gasteiger partial charge in [-0.15, -0.1) is 0 Å². The van der Waals surface area contributed by atoms with E-state index in [1.807, 2.05) is 0 Å². The van der Waals surface area contributed by atoms with Gasteiger partial charge in [0.05, 0.1) is 0 Å². The molecule has 10 nitrogen and oxygen atoms in total. The summed E-state index contributed by atoms with van der Waals surface area (Å²) in [7, 11) is -5.25. The van der Waals surface area contributed by atoms with Crippen LogP contribution in [0.5, 0.6) is 0 Å². The number of aliphatic hydroxyl groups is 1. The topological polar surface area (TPSA) is 174 Å². The first-order valence-corrected chi connectivity index (χ1v) is 6.94. The van der Waals surface area contributed by atoms with E-state index in [0.717, 1.165) is 6.08 Å². The lowest BCUT2D eigenvalue weighted by atomic mass is 9.92. The van der Waals surface area contributed by atoms with Crippen molar-refractivity contribution in [3.63, 3.8) is 0 Å². The Morgan fingerprint density at radius 2 is 2.00 bits per heavy atom. The van der Waals surface area contributed by atoms with Crippen LogP contribution in [-0.4, -0.2) is 50.5 Å². The Labute approximate surface area is 118 Å². The van der Waals surface area contributed by atoms with Crippen LogP contribution in [0.2, 0.25) is 0 Å². The van der Waals surface area contributed by atoms with Crippen LogP contribution in [0.15, 0.2) is 24.0 Å². The summed E-state index contributed by atoms with van der Waals surface area (Å²) in [6.07, 6.45) is -4.49. The Morgan fingerprint density at radius 3 is 2.43 bits per heavy atom. The van der Waals surface area contributed by atoms with Crippen molar-refractivity contribution in [3.05, 3.63) is 24.0 Å². The summed E-state index contributed by atoms with van der Waals surface area (Å²) >= 11 is 0. The van der Waals surface area contributed by atoms with E-state index in [1.165, 1.54) is 0 Å². The standard InChI is InChI=1S/C10H13O10P/c1-4(9(12)13)19-6-2-5(10(14)15)3-7(8(6)11)20-21(16,17)18/h3,6-8,11H,1-2H2,(H,12,13)(H,14,15)(H2,16,17,18)/p-1. The van der Waals surface area contributed by atoms with Crippen molar-refractivity contribution >= 4 is 19.8 Å². The number of aliphatic hydroxyl groups excluding tert-OH is 1. The Hall–Kier alpha value is -1.71. The molecule has 1 aliphatic carbocycles. The zero-order valence-electron chi connectivity index (χ0n) is 10.4. The predicted octanol–water partition coefficient (Wildman–Crippen LogP) is -1.41. The second-order valence-corrected chi connectivity index (χ2v) is 5.26. The molecule has 4 N–H and O–H groups in total. The average Bonchev–Trinajstić information content (AvgIpc) is 2.31. The van der Waals surface area contributed by atoms with Gasteiger partial charge in [0.25, 0.3) is 7.82 Å². The third-order valence-corrected chi connectivity index (χ3v) is 3.08. The molecule has 4 unspecified atom stereocenters. The molecule has 1 aliphatic rings. The molecule has 0 spiro atoms. The van der Waals surface area contributed by atoms with Gasteiger partial charge in [-0.3, -0.25) is 4.57 Å². The van der Waals surface area contributed by atoms with Gasteiger partial charge in [0.15, 0.2) is 5.76 Å². The summed E-state index contributed by atoms with van der Waals surface area (Å²) in [6, 6.07) is 0. The number of hydrogen-bond acceptors (Lipinski definition) is 7. The van der Waals surface area contributed by atoms with E-state index in [1.54, 1.807) is 0 Å². The molecule has 0 saturated heterocycles. The quantitative estimate of drug-likeness (QED) is 0.258. The molecule has 0 bridgehead atoms. The molecule has 0 amide bonds. The third-order valence-electron chi connectivity index (χ3n) is 2.57. The minimum absolute atomic E-state index is 0.373. The first-order valence-electron chi connectivity index (χ1n) is 5.44. The second-order valence-electron chi connectivity index (χ2n) is 4.11. The van der Waals surface area contributed by atoms with Crippen LogP contribution in [-0.2, 0) is 23.4 Å². The summed E-state index contributed by atoms with van der Waals surface area (Å²) in [6.45, 7) is 3.05. The maximum absolute atomic E-state index is 10.9. The number of phosphoric ester groups is 1. The first-order chi connectivity index (χ1) is 9.51. The Bertz CT molecular complexity index is 532. The monoisotopic (exact) mass is 323 g/mol. The maximum atomic E-state index is 10.9. The van der Waals surface area contributed by atoms with E-state index in [0.29, 0.717) is 0 Å². The van der Waals surface area contributed by atoms with E-state index < -0.39 is 50.3 Å². The number of carboxylic acid groups (broad SMARTS) is 2. The van der Waals surface area contributed by atoms with Crippen molar-refractivity contribution in [2.24, 2.45) is 0 Å². The smallest absolute Gasteiger partial charge is 0.370 e. The van der Waals surface area contributed by atoms with Gasteiger partial charge < -0.3 is 34.4 Å². The molecule has 118 valence electrons. The van der Waals surface area contributed by atoms with Gasteiger partial charge in [-0.2, -0.15) is 0 Å². The molecular formula is C10H12O10P-. The summed E-state index contributed by atoms with van der Waals surface area (Å²) in [5, 5.41) is 27.3. The van der Waals surface area contributed by atoms with Gasteiger partial charge in [0.1, 0.15) is 18.3 Å². The Kier molecular flexibility index (Phi) is 5.26. The minimum atomic E-state index is -5.25. The van der Waals surface area contributed by atoms with Gasteiger partial charge in [-0.1, -0.05) is 0 Å². The van der Waals surface area contributed by atoms with Crippen molar-refractivity contribution in [1.29, 1.82) is 0 Å². The fourth-order valence-electron chi connectivity index (χ4n) is 1.66. The fraction of sp³-hybridized carbons (Fsp3) is 0.400. The van der Waals surface area contributed by atoms with E-state index in [9.17, 15) is 24.2 Å². The van der Waals surface area contributed by atoms with Crippen LogP contribution in [0.3, 0.4) is 0 Å². The number of ether oxygens (including phenoxy) is 1. The van der Waals surface area contributed by atoms with E-state index >= 15 is 0 Å². The number of carboxylic acids is 2. The highest BCUT2D eigenvalue weighted by atomic mass is 31.2. The Morgan fingerprint density at radius 1 is 1.43 bits per heavy atom. The molecule has 0 heterocycles. The summed E-state index contributed by atoms with van der Waals surface area (Å²) in [5.74, 6) is -3.75. The summed E-state index contributed by atoms with van der Waals surface area (Å²) in [4.78, 5) is 40.8. The highest BCUT2D eigenvalue weighted by Gasteiger charge is 2.38. The molecule has 0 aliphatic heterocycles. The van der Waals surface area contributed by atoms with Crippen molar-refractivity contribution in [2.75, 3.05) is 0 Å². The van der Waals surface area contributed by atoms with Gasteiger partial charge >= 0.3 is 11.9 Å². The number of rotatable bonds is 6. The van der Waals surface area contributed by atoms with Gasteiger partial charge in [-0.25, -0.2) is 9.59 Å². The highest BCUT2D eigenvalue weighted by molar-refractivity contribution is 7.44. The molecule has 0 aromatic rings. The number of carbonyl (C=O) groups is 2. The van der Waals surface area contributed by atoms with E-state index in [4.69, 9.17) is 19.8 Å². The maximum Gasteiger partial charge on any atom is 0.370 e. The SMILES string of the molecule is C=C(OC1CC(C(=O)O)=CC(OP(=O)([O-])O)C1O)C(=O)O.